The van der Waals surface area contributed by atoms with E-state index in [9.17, 15) is 9.18 Å². The van der Waals surface area contributed by atoms with E-state index in [1.807, 2.05) is 35.7 Å². The normalized spacial score (nSPS) is 15.7. The van der Waals surface area contributed by atoms with Gasteiger partial charge in [0.1, 0.15) is 5.82 Å². The Hall–Kier alpha value is -2.70. The summed E-state index contributed by atoms with van der Waals surface area (Å²) in [6, 6.07) is 17.3. The van der Waals surface area contributed by atoms with Gasteiger partial charge in [-0.3, -0.25) is 4.79 Å². The third-order valence-corrected chi connectivity index (χ3v) is 5.71. The molecule has 29 heavy (non-hydrogen) atoms. The molecule has 4 rings (SSSR count). The molecule has 0 fully saturated rings. The van der Waals surface area contributed by atoms with Gasteiger partial charge in [0.25, 0.3) is 5.91 Å². The van der Waals surface area contributed by atoms with E-state index in [1.165, 1.54) is 23.5 Å². The summed E-state index contributed by atoms with van der Waals surface area (Å²) >= 11 is 7.51. The zero-order valence-corrected chi connectivity index (χ0v) is 17.0. The lowest BCUT2D eigenvalue weighted by Gasteiger charge is -2.24. The predicted molar refractivity (Wildman–Crippen MR) is 113 cm³/mol. The molecule has 2 heterocycles. The summed E-state index contributed by atoms with van der Waals surface area (Å²) in [5, 5.41) is 6.66. The zero-order valence-electron chi connectivity index (χ0n) is 15.4. The van der Waals surface area contributed by atoms with Crippen LogP contribution in [0.1, 0.15) is 27.2 Å². The highest BCUT2D eigenvalue weighted by atomic mass is 35.5. The molecule has 148 valence electrons. The highest BCUT2D eigenvalue weighted by molar-refractivity contribution is 7.12. The van der Waals surface area contributed by atoms with Gasteiger partial charge < -0.3 is 9.74 Å². The van der Waals surface area contributed by atoms with Gasteiger partial charge in [0, 0.05) is 18.0 Å². The lowest BCUT2D eigenvalue weighted by Crippen LogP contribution is -2.37. The van der Waals surface area contributed by atoms with Gasteiger partial charge >= 0.3 is 0 Å². The van der Waals surface area contributed by atoms with Gasteiger partial charge in [-0.05, 0) is 46.8 Å². The van der Waals surface area contributed by atoms with Crippen LogP contribution in [0, 0.1) is 5.82 Å². The average molecular weight is 429 g/mol. The van der Waals surface area contributed by atoms with Gasteiger partial charge in [-0.25, -0.2) is 4.39 Å². The number of thiophene rings is 1. The van der Waals surface area contributed by atoms with Gasteiger partial charge in [-0.1, -0.05) is 47.1 Å². The average Bonchev–Trinajstić information content (AvgIpc) is 3.40. The number of halogens is 2. The van der Waals surface area contributed by atoms with E-state index >= 15 is 0 Å². The zero-order chi connectivity index (χ0) is 20.2. The van der Waals surface area contributed by atoms with Crippen molar-refractivity contribution in [3.8, 4) is 0 Å². The molecule has 0 N–H and O–H groups in total. The van der Waals surface area contributed by atoms with Crippen molar-refractivity contribution in [1.29, 1.82) is 0 Å². The van der Waals surface area contributed by atoms with Crippen molar-refractivity contribution in [2.75, 3.05) is 6.54 Å². The topological polar surface area (TPSA) is 41.9 Å². The fraction of sp³-hybridized carbons (Fsp3) is 0.182. The molecule has 1 amide bonds. The van der Waals surface area contributed by atoms with Crippen LogP contribution in [-0.4, -0.2) is 29.2 Å². The van der Waals surface area contributed by atoms with E-state index in [4.69, 9.17) is 16.4 Å². The summed E-state index contributed by atoms with van der Waals surface area (Å²) < 4.78 is 13.2. The Bertz CT molecular complexity index is 1020. The number of carbonyl (C=O) groups excluding carboxylic acids is 1. The number of nitrogens with zero attached hydrogens (tertiary/aromatic N) is 2. The molecule has 1 aromatic heterocycles. The van der Waals surface area contributed by atoms with Crippen molar-refractivity contribution in [2.45, 2.75) is 19.1 Å². The van der Waals surface area contributed by atoms with Gasteiger partial charge in [0.2, 0.25) is 0 Å². The molecule has 0 saturated carbocycles. The third-order valence-electron chi connectivity index (χ3n) is 4.62. The Morgan fingerprint density at radius 3 is 2.76 bits per heavy atom. The van der Waals surface area contributed by atoms with Gasteiger partial charge in [-0.15, -0.1) is 11.3 Å². The maximum atomic E-state index is 13.2. The van der Waals surface area contributed by atoms with Crippen LogP contribution >= 0.6 is 22.9 Å². The van der Waals surface area contributed by atoms with E-state index in [1.54, 1.807) is 23.1 Å². The molecule has 0 aliphatic carbocycles. The fourth-order valence-electron chi connectivity index (χ4n) is 3.22. The number of hydrogen-bond donors (Lipinski definition) is 0. The first kappa shape index (κ1) is 19.6. The summed E-state index contributed by atoms with van der Waals surface area (Å²) in [5.74, 6) is -0.349. The van der Waals surface area contributed by atoms with Crippen LogP contribution in [-0.2, 0) is 11.4 Å². The van der Waals surface area contributed by atoms with Crippen molar-refractivity contribution >= 4 is 34.6 Å². The molecule has 2 aromatic carbocycles. The molecular weight excluding hydrogens is 411 g/mol. The summed E-state index contributed by atoms with van der Waals surface area (Å²) in [7, 11) is 0. The SMILES string of the molecule is O=C(c1cccs1)N(Cc1cccc(Cl)c1)C[C@H]1CC(c2ccc(F)cc2)=NO1. The van der Waals surface area contributed by atoms with Crippen LogP contribution < -0.4 is 0 Å². The van der Waals surface area contributed by atoms with Gasteiger partial charge in [0.15, 0.2) is 6.10 Å². The molecule has 7 heteroatoms. The fourth-order valence-corrected chi connectivity index (χ4v) is 4.12. The second kappa shape index (κ2) is 8.76. The predicted octanol–water partition coefficient (Wildman–Crippen LogP) is 5.38. The van der Waals surface area contributed by atoms with Crippen molar-refractivity contribution in [2.24, 2.45) is 5.16 Å². The maximum Gasteiger partial charge on any atom is 0.264 e. The van der Waals surface area contributed by atoms with Crippen LogP contribution in [0.4, 0.5) is 4.39 Å². The van der Waals surface area contributed by atoms with Crippen molar-refractivity contribution in [3.63, 3.8) is 0 Å². The highest BCUT2D eigenvalue weighted by Crippen LogP contribution is 2.22. The minimum atomic E-state index is -0.293. The molecule has 4 nitrogen and oxygen atoms in total. The largest absolute Gasteiger partial charge is 0.390 e. The van der Waals surface area contributed by atoms with E-state index in [2.05, 4.69) is 5.16 Å². The second-order valence-corrected chi connectivity index (χ2v) is 8.15. The number of rotatable bonds is 6. The Morgan fingerprint density at radius 1 is 1.21 bits per heavy atom. The summed E-state index contributed by atoms with van der Waals surface area (Å²) in [5.41, 5.74) is 2.52. The van der Waals surface area contributed by atoms with Crippen molar-refractivity contribution < 1.29 is 14.0 Å². The van der Waals surface area contributed by atoms with Crippen LogP contribution in [0.2, 0.25) is 5.02 Å². The Morgan fingerprint density at radius 2 is 2.03 bits per heavy atom. The second-order valence-electron chi connectivity index (χ2n) is 6.77. The summed E-state index contributed by atoms with van der Waals surface area (Å²) in [4.78, 5) is 21.1. The Kier molecular flexibility index (Phi) is 5.92. The van der Waals surface area contributed by atoms with Crippen molar-refractivity contribution in [1.82, 2.24) is 4.90 Å². The monoisotopic (exact) mass is 428 g/mol. The van der Waals surface area contributed by atoms with E-state index in [0.717, 1.165) is 16.8 Å². The van der Waals surface area contributed by atoms with E-state index in [-0.39, 0.29) is 17.8 Å². The van der Waals surface area contributed by atoms with Gasteiger partial charge in [0.05, 0.1) is 17.1 Å². The van der Waals surface area contributed by atoms with E-state index in [0.29, 0.717) is 29.4 Å². The first-order valence-electron chi connectivity index (χ1n) is 9.14. The summed E-state index contributed by atoms with van der Waals surface area (Å²) in [6.45, 7) is 0.806. The quantitative estimate of drug-likeness (QED) is 0.529. The summed E-state index contributed by atoms with van der Waals surface area (Å²) in [6.07, 6.45) is 0.285. The minimum absolute atomic E-state index is 0.0567. The van der Waals surface area contributed by atoms with Gasteiger partial charge in [-0.2, -0.15) is 0 Å². The molecule has 0 saturated heterocycles. The van der Waals surface area contributed by atoms with Crippen LogP contribution in [0.3, 0.4) is 0 Å². The number of carbonyl (C=O) groups is 1. The van der Waals surface area contributed by atoms with Crippen LogP contribution in [0.15, 0.2) is 71.2 Å². The maximum absolute atomic E-state index is 13.2. The van der Waals surface area contributed by atoms with E-state index < -0.39 is 0 Å². The molecule has 3 aromatic rings. The molecule has 1 atom stereocenters. The first-order valence-corrected chi connectivity index (χ1v) is 10.4. The highest BCUT2D eigenvalue weighted by Gasteiger charge is 2.27. The van der Waals surface area contributed by atoms with Crippen molar-refractivity contribution in [3.05, 3.63) is 92.9 Å². The molecule has 0 bridgehead atoms. The molecule has 0 unspecified atom stereocenters. The molecule has 1 aliphatic rings. The molecule has 0 spiro atoms. The Labute approximate surface area is 177 Å². The number of benzene rings is 2. The number of hydrogen-bond acceptors (Lipinski definition) is 4. The third kappa shape index (κ3) is 4.83. The smallest absolute Gasteiger partial charge is 0.264 e. The molecule has 1 aliphatic heterocycles. The number of amides is 1. The number of oxime groups is 1. The Balaban J connectivity index is 1.48. The lowest BCUT2D eigenvalue weighted by molar-refractivity contribution is 0.0408. The standard InChI is InChI=1S/C22H18ClFN2O2S/c23-17-4-1-3-15(11-17)13-26(22(27)21-5-2-10-29-21)14-19-12-20(25-28-19)16-6-8-18(24)9-7-16/h1-11,19H,12-14H2/t19-/m1/s1. The lowest BCUT2D eigenvalue weighted by atomic mass is 10.0. The molecular formula is C22H18ClFN2O2S. The minimum Gasteiger partial charge on any atom is -0.390 e. The van der Waals surface area contributed by atoms with Crippen LogP contribution in [0.5, 0.6) is 0 Å². The first-order chi connectivity index (χ1) is 14.1. The van der Waals surface area contributed by atoms with Crippen LogP contribution in [0.25, 0.3) is 0 Å². The molecule has 0 radical (unpaired) electrons.